The highest BCUT2D eigenvalue weighted by atomic mass is 32.2. The molecule has 1 aromatic carbocycles. The van der Waals surface area contributed by atoms with Crippen molar-refractivity contribution in [1.82, 2.24) is 14.8 Å². The zero-order chi connectivity index (χ0) is 15.4. The SMILES string of the molecule is COC(=O)CSc1nnc(-c2cccs2)n1-c1ccccc1. The smallest absolute Gasteiger partial charge is 0.316 e. The van der Waals surface area contributed by atoms with E-state index >= 15 is 0 Å². The Morgan fingerprint density at radius 2 is 2.05 bits per heavy atom. The minimum Gasteiger partial charge on any atom is -0.468 e. The molecule has 0 amide bonds. The molecule has 0 aliphatic carbocycles. The van der Waals surface area contributed by atoms with Gasteiger partial charge in [-0.25, -0.2) is 0 Å². The van der Waals surface area contributed by atoms with Gasteiger partial charge in [-0.15, -0.1) is 21.5 Å². The molecule has 112 valence electrons. The molecule has 22 heavy (non-hydrogen) atoms. The third-order valence-corrected chi connectivity index (χ3v) is 4.70. The number of esters is 1. The Kier molecular flexibility index (Phi) is 4.55. The fourth-order valence-corrected chi connectivity index (χ4v) is 3.40. The summed E-state index contributed by atoms with van der Waals surface area (Å²) in [6.07, 6.45) is 0. The fraction of sp³-hybridized carbons (Fsp3) is 0.133. The summed E-state index contributed by atoms with van der Waals surface area (Å²) >= 11 is 2.91. The second-order valence-electron chi connectivity index (χ2n) is 4.32. The van der Waals surface area contributed by atoms with E-state index in [0.717, 1.165) is 16.4 Å². The zero-order valence-corrected chi connectivity index (χ0v) is 13.4. The van der Waals surface area contributed by atoms with Crippen LogP contribution in [0.5, 0.6) is 0 Å². The lowest BCUT2D eigenvalue weighted by atomic mass is 10.3. The van der Waals surface area contributed by atoms with E-state index in [1.165, 1.54) is 18.9 Å². The minimum atomic E-state index is -0.287. The van der Waals surface area contributed by atoms with E-state index in [1.807, 2.05) is 52.4 Å². The molecule has 0 spiro atoms. The predicted octanol–water partition coefficient (Wildman–Crippen LogP) is 3.26. The van der Waals surface area contributed by atoms with Crippen LogP contribution in [0.1, 0.15) is 0 Å². The van der Waals surface area contributed by atoms with Crippen LogP contribution in [0.3, 0.4) is 0 Å². The predicted molar refractivity (Wildman–Crippen MR) is 87.4 cm³/mol. The third-order valence-electron chi connectivity index (χ3n) is 2.94. The second-order valence-corrected chi connectivity index (χ2v) is 6.21. The highest BCUT2D eigenvalue weighted by Crippen LogP contribution is 2.30. The van der Waals surface area contributed by atoms with Crippen molar-refractivity contribution in [3.63, 3.8) is 0 Å². The summed E-state index contributed by atoms with van der Waals surface area (Å²) in [5.41, 5.74) is 0.961. The van der Waals surface area contributed by atoms with Crippen LogP contribution < -0.4 is 0 Å². The molecule has 0 saturated heterocycles. The Bertz CT molecular complexity index is 754. The highest BCUT2D eigenvalue weighted by Gasteiger charge is 2.17. The van der Waals surface area contributed by atoms with Crippen molar-refractivity contribution in [3.8, 4) is 16.4 Å². The molecule has 7 heteroatoms. The summed E-state index contributed by atoms with van der Waals surface area (Å²) in [7, 11) is 1.38. The topological polar surface area (TPSA) is 57.0 Å². The monoisotopic (exact) mass is 331 g/mol. The number of carbonyl (C=O) groups is 1. The van der Waals surface area contributed by atoms with E-state index in [2.05, 4.69) is 14.9 Å². The van der Waals surface area contributed by atoms with Gasteiger partial charge in [0.05, 0.1) is 17.7 Å². The van der Waals surface area contributed by atoms with Gasteiger partial charge in [0, 0.05) is 5.69 Å². The molecule has 0 saturated carbocycles. The number of aromatic nitrogens is 3. The van der Waals surface area contributed by atoms with Crippen LogP contribution in [-0.2, 0) is 9.53 Å². The summed E-state index contributed by atoms with van der Waals surface area (Å²) in [4.78, 5) is 12.4. The molecule has 2 aromatic heterocycles. The maximum Gasteiger partial charge on any atom is 0.316 e. The number of para-hydroxylation sites is 1. The molecule has 3 aromatic rings. The molecular formula is C15H13N3O2S2. The van der Waals surface area contributed by atoms with Gasteiger partial charge in [0.2, 0.25) is 0 Å². The maximum absolute atomic E-state index is 11.4. The van der Waals surface area contributed by atoms with Crippen LogP contribution in [0.4, 0.5) is 0 Å². The van der Waals surface area contributed by atoms with E-state index in [4.69, 9.17) is 0 Å². The summed E-state index contributed by atoms with van der Waals surface area (Å²) in [5.74, 6) is 0.685. The molecule has 0 fully saturated rings. The Hall–Kier alpha value is -2.12. The first-order valence-electron chi connectivity index (χ1n) is 6.54. The molecule has 3 rings (SSSR count). The van der Waals surface area contributed by atoms with Gasteiger partial charge in [0.25, 0.3) is 0 Å². The molecule has 0 unspecified atom stereocenters. The number of hydrogen-bond acceptors (Lipinski definition) is 6. The van der Waals surface area contributed by atoms with Crippen molar-refractivity contribution in [2.24, 2.45) is 0 Å². The molecular weight excluding hydrogens is 318 g/mol. The first-order valence-corrected chi connectivity index (χ1v) is 8.40. The van der Waals surface area contributed by atoms with Gasteiger partial charge in [-0.1, -0.05) is 36.0 Å². The number of nitrogens with zero attached hydrogens (tertiary/aromatic N) is 3. The van der Waals surface area contributed by atoms with Gasteiger partial charge >= 0.3 is 5.97 Å². The van der Waals surface area contributed by atoms with Gasteiger partial charge < -0.3 is 4.74 Å². The first kappa shape index (κ1) is 14.8. The van der Waals surface area contributed by atoms with Gasteiger partial charge in [0.15, 0.2) is 11.0 Å². The second kappa shape index (κ2) is 6.76. The van der Waals surface area contributed by atoms with E-state index in [1.54, 1.807) is 11.3 Å². The maximum atomic E-state index is 11.4. The number of hydrogen-bond donors (Lipinski definition) is 0. The Morgan fingerprint density at radius 1 is 1.23 bits per heavy atom. The molecule has 0 aliphatic rings. The van der Waals surface area contributed by atoms with Crippen LogP contribution in [0.2, 0.25) is 0 Å². The number of benzene rings is 1. The van der Waals surface area contributed by atoms with E-state index in [0.29, 0.717) is 5.16 Å². The van der Waals surface area contributed by atoms with Crippen molar-refractivity contribution in [3.05, 3.63) is 47.8 Å². The van der Waals surface area contributed by atoms with Crippen LogP contribution in [0, 0.1) is 0 Å². The van der Waals surface area contributed by atoms with Gasteiger partial charge in [-0.05, 0) is 23.6 Å². The van der Waals surface area contributed by atoms with Crippen LogP contribution >= 0.6 is 23.1 Å². The van der Waals surface area contributed by atoms with Crippen molar-refractivity contribution in [1.29, 1.82) is 0 Å². The van der Waals surface area contributed by atoms with Crippen molar-refractivity contribution >= 4 is 29.1 Å². The number of thiophene rings is 1. The summed E-state index contributed by atoms with van der Waals surface area (Å²) < 4.78 is 6.64. The van der Waals surface area contributed by atoms with E-state index in [9.17, 15) is 4.79 Å². The quantitative estimate of drug-likeness (QED) is 0.530. The van der Waals surface area contributed by atoms with Crippen LogP contribution in [0.15, 0.2) is 53.0 Å². The highest BCUT2D eigenvalue weighted by molar-refractivity contribution is 7.99. The molecule has 0 bridgehead atoms. The lowest BCUT2D eigenvalue weighted by molar-refractivity contribution is -0.137. The summed E-state index contributed by atoms with van der Waals surface area (Å²) in [6.45, 7) is 0. The van der Waals surface area contributed by atoms with Crippen molar-refractivity contribution < 1.29 is 9.53 Å². The standard InChI is InChI=1S/C15H13N3O2S2/c1-20-13(19)10-22-15-17-16-14(12-8-5-9-21-12)18(15)11-6-3-2-4-7-11/h2-9H,10H2,1H3. The molecule has 5 nitrogen and oxygen atoms in total. The number of thioether (sulfide) groups is 1. The molecule has 2 heterocycles. The third kappa shape index (κ3) is 3.05. The lowest BCUT2D eigenvalue weighted by Crippen LogP contribution is -2.05. The molecule has 0 N–H and O–H groups in total. The van der Waals surface area contributed by atoms with Gasteiger partial charge in [-0.2, -0.15) is 0 Å². The number of methoxy groups -OCH3 is 1. The zero-order valence-electron chi connectivity index (χ0n) is 11.8. The molecule has 0 radical (unpaired) electrons. The Balaban J connectivity index is 2.02. The van der Waals surface area contributed by atoms with Crippen molar-refractivity contribution in [2.45, 2.75) is 5.16 Å². The largest absolute Gasteiger partial charge is 0.468 e. The Morgan fingerprint density at radius 3 is 2.73 bits per heavy atom. The van der Waals surface area contributed by atoms with Gasteiger partial charge in [-0.3, -0.25) is 9.36 Å². The fourth-order valence-electron chi connectivity index (χ4n) is 1.92. The summed E-state index contributed by atoms with van der Waals surface area (Å²) in [6, 6.07) is 13.8. The van der Waals surface area contributed by atoms with Crippen molar-refractivity contribution in [2.75, 3.05) is 12.9 Å². The average molecular weight is 331 g/mol. The van der Waals surface area contributed by atoms with Crippen LogP contribution in [0.25, 0.3) is 16.4 Å². The lowest BCUT2D eigenvalue weighted by Gasteiger charge is -2.08. The number of rotatable bonds is 5. The Labute approximate surface area is 136 Å². The average Bonchev–Trinajstić information content (AvgIpc) is 3.22. The van der Waals surface area contributed by atoms with Gasteiger partial charge in [0.1, 0.15) is 0 Å². The number of ether oxygens (including phenoxy) is 1. The summed E-state index contributed by atoms with van der Waals surface area (Å²) in [5, 5.41) is 11.2. The molecule has 0 aliphatic heterocycles. The van der Waals surface area contributed by atoms with E-state index in [-0.39, 0.29) is 11.7 Å². The number of carbonyl (C=O) groups excluding carboxylic acids is 1. The first-order chi connectivity index (χ1) is 10.8. The van der Waals surface area contributed by atoms with Crippen LogP contribution in [-0.4, -0.2) is 33.6 Å². The minimum absolute atomic E-state index is 0.200. The normalized spacial score (nSPS) is 10.6. The van der Waals surface area contributed by atoms with E-state index < -0.39 is 0 Å². The molecule has 0 atom stereocenters.